The van der Waals surface area contributed by atoms with E-state index in [9.17, 15) is 4.79 Å². The van der Waals surface area contributed by atoms with E-state index in [1.54, 1.807) is 6.20 Å². The van der Waals surface area contributed by atoms with Crippen LogP contribution in [-0.4, -0.2) is 15.5 Å². The highest BCUT2D eigenvalue weighted by molar-refractivity contribution is 5.98. The van der Waals surface area contributed by atoms with Gasteiger partial charge in [0.1, 0.15) is 5.69 Å². The van der Waals surface area contributed by atoms with Gasteiger partial charge in [-0.05, 0) is 37.3 Å². The van der Waals surface area contributed by atoms with Crippen molar-refractivity contribution in [3.05, 3.63) is 65.6 Å². The molecule has 0 aliphatic heterocycles. The summed E-state index contributed by atoms with van der Waals surface area (Å²) in [7, 11) is 0. The van der Waals surface area contributed by atoms with E-state index >= 15 is 0 Å². The second-order valence-corrected chi connectivity index (χ2v) is 4.86. The van der Waals surface area contributed by atoms with Crippen molar-refractivity contribution in [1.29, 1.82) is 0 Å². The van der Waals surface area contributed by atoms with E-state index < -0.39 is 5.91 Å². The molecule has 0 aliphatic carbocycles. The van der Waals surface area contributed by atoms with Crippen molar-refractivity contribution in [2.45, 2.75) is 13.5 Å². The van der Waals surface area contributed by atoms with E-state index in [-0.39, 0.29) is 0 Å². The number of hydrogen-bond acceptors (Lipinski definition) is 2. The van der Waals surface area contributed by atoms with E-state index in [1.807, 2.05) is 47.9 Å². The molecule has 3 aromatic rings. The van der Waals surface area contributed by atoms with E-state index in [0.717, 1.165) is 22.2 Å². The molecule has 1 aromatic carbocycles. The van der Waals surface area contributed by atoms with Gasteiger partial charge < -0.3 is 10.3 Å². The average molecular weight is 265 g/mol. The molecule has 4 heteroatoms. The summed E-state index contributed by atoms with van der Waals surface area (Å²) in [5.74, 6) is -0.421. The van der Waals surface area contributed by atoms with Crippen molar-refractivity contribution >= 4 is 16.8 Å². The molecule has 0 radical (unpaired) electrons. The number of fused-ring (bicyclic) bond motifs is 1. The molecule has 2 N–H and O–H groups in total. The zero-order chi connectivity index (χ0) is 14.1. The Labute approximate surface area is 116 Å². The lowest BCUT2D eigenvalue weighted by Gasteiger charge is -2.08. The van der Waals surface area contributed by atoms with Gasteiger partial charge >= 0.3 is 0 Å². The van der Waals surface area contributed by atoms with Crippen molar-refractivity contribution in [3.8, 4) is 0 Å². The Morgan fingerprint density at radius 1 is 1.25 bits per heavy atom. The molecule has 0 saturated carbocycles. The van der Waals surface area contributed by atoms with Gasteiger partial charge in [0.2, 0.25) is 0 Å². The summed E-state index contributed by atoms with van der Waals surface area (Å²) in [4.78, 5) is 16.0. The summed E-state index contributed by atoms with van der Waals surface area (Å²) in [6, 6.07) is 13.7. The lowest BCUT2D eigenvalue weighted by molar-refractivity contribution is 0.0992. The monoisotopic (exact) mass is 265 g/mol. The number of hydrogen-bond donors (Lipinski definition) is 1. The summed E-state index contributed by atoms with van der Waals surface area (Å²) in [5, 5.41) is 1.02. The van der Waals surface area contributed by atoms with Gasteiger partial charge in [-0.3, -0.25) is 9.78 Å². The maximum absolute atomic E-state index is 11.6. The number of benzene rings is 1. The van der Waals surface area contributed by atoms with Gasteiger partial charge in [0, 0.05) is 17.1 Å². The Balaban J connectivity index is 2.16. The van der Waals surface area contributed by atoms with E-state index in [0.29, 0.717) is 12.2 Å². The van der Waals surface area contributed by atoms with Crippen molar-refractivity contribution in [2.24, 2.45) is 5.73 Å². The summed E-state index contributed by atoms with van der Waals surface area (Å²) in [6.07, 6.45) is 1.75. The topological polar surface area (TPSA) is 60.9 Å². The van der Waals surface area contributed by atoms with Crippen LogP contribution in [-0.2, 0) is 6.54 Å². The average Bonchev–Trinajstić information content (AvgIpc) is 2.78. The molecule has 2 heterocycles. The fourth-order valence-corrected chi connectivity index (χ4v) is 2.42. The van der Waals surface area contributed by atoms with Crippen LogP contribution in [0.1, 0.15) is 21.7 Å². The third kappa shape index (κ3) is 2.16. The Morgan fingerprint density at radius 3 is 2.80 bits per heavy atom. The molecule has 100 valence electrons. The molecule has 1 amide bonds. The zero-order valence-electron chi connectivity index (χ0n) is 11.2. The number of rotatable bonds is 3. The molecule has 0 saturated heterocycles. The molecule has 0 atom stereocenters. The van der Waals surface area contributed by atoms with E-state index in [2.05, 4.69) is 11.1 Å². The standard InChI is InChI=1S/C16H15N3O/c1-11-5-6-14-12(8-11)9-15(16(17)20)19(14)10-13-4-2-3-7-18-13/h2-9H,10H2,1H3,(H2,17,20). The van der Waals surface area contributed by atoms with Crippen molar-refractivity contribution in [3.63, 3.8) is 0 Å². The smallest absolute Gasteiger partial charge is 0.265 e. The Bertz CT molecular complexity index is 775. The fourth-order valence-electron chi connectivity index (χ4n) is 2.42. The number of aromatic nitrogens is 2. The number of carbonyl (C=O) groups excluding carboxylic acids is 1. The van der Waals surface area contributed by atoms with Crippen LogP contribution in [0, 0.1) is 6.92 Å². The Hall–Kier alpha value is -2.62. The van der Waals surface area contributed by atoms with Gasteiger partial charge in [-0.15, -0.1) is 0 Å². The van der Waals surface area contributed by atoms with Gasteiger partial charge in [0.25, 0.3) is 5.91 Å². The number of primary amides is 1. The molecule has 0 aliphatic rings. The van der Waals surface area contributed by atoms with Crippen molar-refractivity contribution in [2.75, 3.05) is 0 Å². The summed E-state index contributed by atoms with van der Waals surface area (Å²) < 4.78 is 1.92. The number of amides is 1. The van der Waals surface area contributed by atoms with Crippen LogP contribution in [0.5, 0.6) is 0 Å². The van der Waals surface area contributed by atoms with Crippen LogP contribution in [0.4, 0.5) is 0 Å². The molecule has 0 fully saturated rings. The molecule has 20 heavy (non-hydrogen) atoms. The van der Waals surface area contributed by atoms with Crippen LogP contribution in [0.25, 0.3) is 10.9 Å². The summed E-state index contributed by atoms with van der Waals surface area (Å²) in [6.45, 7) is 2.56. The molecular weight excluding hydrogens is 250 g/mol. The number of pyridine rings is 1. The van der Waals surface area contributed by atoms with Crippen LogP contribution in [0.15, 0.2) is 48.7 Å². The van der Waals surface area contributed by atoms with Crippen LogP contribution in [0.2, 0.25) is 0 Å². The van der Waals surface area contributed by atoms with Gasteiger partial charge in [-0.2, -0.15) is 0 Å². The maximum Gasteiger partial charge on any atom is 0.265 e. The molecule has 3 rings (SSSR count). The highest BCUT2D eigenvalue weighted by Crippen LogP contribution is 2.22. The maximum atomic E-state index is 11.6. The molecular formula is C16H15N3O. The first kappa shape index (κ1) is 12.4. The minimum absolute atomic E-state index is 0.421. The van der Waals surface area contributed by atoms with Crippen molar-refractivity contribution < 1.29 is 4.79 Å². The second kappa shape index (κ2) is 4.81. The zero-order valence-corrected chi connectivity index (χ0v) is 11.2. The quantitative estimate of drug-likeness (QED) is 0.791. The highest BCUT2D eigenvalue weighted by atomic mass is 16.1. The lowest BCUT2D eigenvalue weighted by Crippen LogP contribution is -2.17. The number of nitrogens with zero attached hydrogens (tertiary/aromatic N) is 2. The first-order chi connectivity index (χ1) is 9.65. The predicted molar refractivity (Wildman–Crippen MR) is 78.5 cm³/mol. The SMILES string of the molecule is Cc1ccc2c(c1)cc(C(N)=O)n2Cc1ccccn1. The molecule has 0 bridgehead atoms. The minimum Gasteiger partial charge on any atom is -0.364 e. The number of aryl methyl sites for hydroxylation is 1. The predicted octanol–water partition coefficient (Wildman–Crippen LogP) is 2.49. The second-order valence-electron chi connectivity index (χ2n) is 4.86. The Morgan fingerprint density at radius 2 is 2.10 bits per heavy atom. The first-order valence-electron chi connectivity index (χ1n) is 6.45. The third-order valence-electron chi connectivity index (χ3n) is 3.36. The lowest BCUT2D eigenvalue weighted by atomic mass is 10.2. The molecule has 2 aromatic heterocycles. The highest BCUT2D eigenvalue weighted by Gasteiger charge is 2.13. The molecule has 4 nitrogen and oxygen atoms in total. The largest absolute Gasteiger partial charge is 0.364 e. The number of carbonyl (C=O) groups is 1. The summed E-state index contributed by atoms with van der Waals surface area (Å²) in [5.41, 5.74) is 9.05. The minimum atomic E-state index is -0.421. The molecule has 0 spiro atoms. The molecule has 0 unspecified atom stereocenters. The van der Waals surface area contributed by atoms with Crippen LogP contribution >= 0.6 is 0 Å². The normalized spacial score (nSPS) is 10.8. The van der Waals surface area contributed by atoms with Crippen molar-refractivity contribution in [1.82, 2.24) is 9.55 Å². The van der Waals surface area contributed by atoms with Gasteiger partial charge in [0.15, 0.2) is 0 Å². The van der Waals surface area contributed by atoms with Crippen LogP contribution < -0.4 is 5.73 Å². The third-order valence-corrected chi connectivity index (χ3v) is 3.36. The van der Waals surface area contributed by atoms with E-state index in [1.165, 1.54) is 0 Å². The fraction of sp³-hybridized carbons (Fsp3) is 0.125. The van der Waals surface area contributed by atoms with Gasteiger partial charge in [0.05, 0.1) is 12.2 Å². The first-order valence-corrected chi connectivity index (χ1v) is 6.45. The van der Waals surface area contributed by atoms with Crippen LogP contribution in [0.3, 0.4) is 0 Å². The van der Waals surface area contributed by atoms with Gasteiger partial charge in [-0.25, -0.2) is 0 Å². The Kier molecular flexibility index (Phi) is 2.99. The number of nitrogens with two attached hydrogens (primary N) is 1. The van der Waals surface area contributed by atoms with Gasteiger partial charge in [-0.1, -0.05) is 17.7 Å². The summed E-state index contributed by atoms with van der Waals surface area (Å²) >= 11 is 0. The van der Waals surface area contributed by atoms with E-state index in [4.69, 9.17) is 5.73 Å².